The number of halogens is 1. The van der Waals surface area contributed by atoms with Crippen LogP contribution in [0.3, 0.4) is 0 Å². The SMILES string of the molecule is Clc1ccc(CN(c2ccc3[nH]ncc3c2)C2CCCC2)cc1. The predicted octanol–water partition coefficient (Wildman–Crippen LogP) is 5.17. The Labute approximate surface area is 141 Å². The number of hydrogen-bond donors (Lipinski definition) is 1. The minimum atomic E-state index is 0.620. The van der Waals surface area contributed by atoms with Crippen molar-refractivity contribution in [2.45, 2.75) is 38.3 Å². The molecule has 0 atom stereocenters. The Morgan fingerprint density at radius 3 is 2.65 bits per heavy atom. The number of hydrogen-bond acceptors (Lipinski definition) is 2. The molecule has 1 saturated carbocycles. The lowest BCUT2D eigenvalue weighted by Gasteiger charge is -2.31. The van der Waals surface area contributed by atoms with Crippen molar-refractivity contribution in [3.63, 3.8) is 0 Å². The van der Waals surface area contributed by atoms with E-state index in [2.05, 4.69) is 45.4 Å². The second-order valence-electron chi connectivity index (χ2n) is 6.33. The van der Waals surface area contributed by atoms with Gasteiger partial charge in [0.1, 0.15) is 0 Å². The van der Waals surface area contributed by atoms with Crippen LogP contribution in [0.15, 0.2) is 48.7 Å². The van der Waals surface area contributed by atoms with Crippen molar-refractivity contribution in [1.82, 2.24) is 10.2 Å². The first kappa shape index (κ1) is 14.6. The molecule has 4 rings (SSSR count). The quantitative estimate of drug-likeness (QED) is 0.718. The van der Waals surface area contributed by atoms with Crippen LogP contribution in [-0.4, -0.2) is 16.2 Å². The Bertz CT molecular complexity index is 788. The van der Waals surface area contributed by atoms with Gasteiger partial charge in [-0.1, -0.05) is 36.6 Å². The summed E-state index contributed by atoms with van der Waals surface area (Å²) in [5, 5.41) is 9.12. The van der Waals surface area contributed by atoms with Gasteiger partial charge in [-0.25, -0.2) is 0 Å². The molecule has 3 nitrogen and oxygen atoms in total. The molecular weight excluding hydrogens is 306 g/mol. The highest BCUT2D eigenvalue weighted by molar-refractivity contribution is 6.30. The van der Waals surface area contributed by atoms with E-state index in [9.17, 15) is 0 Å². The topological polar surface area (TPSA) is 31.9 Å². The van der Waals surface area contributed by atoms with Gasteiger partial charge in [-0.05, 0) is 48.7 Å². The van der Waals surface area contributed by atoms with Crippen molar-refractivity contribution in [2.75, 3.05) is 4.90 Å². The summed E-state index contributed by atoms with van der Waals surface area (Å²) >= 11 is 6.02. The molecule has 1 heterocycles. The third-order valence-corrected chi connectivity index (χ3v) is 5.04. The van der Waals surface area contributed by atoms with E-state index in [1.165, 1.54) is 42.3 Å². The summed E-state index contributed by atoms with van der Waals surface area (Å²) in [6, 6.07) is 15.4. The molecule has 0 spiro atoms. The van der Waals surface area contributed by atoms with Crippen LogP contribution in [0, 0.1) is 0 Å². The summed E-state index contributed by atoms with van der Waals surface area (Å²) in [7, 11) is 0. The Balaban J connectivity index is 1.67. The van der Waals surface area contributed by atoms with Gasteiger partial charge in [0.25, 0.3) is 0 Å². The number of nitrogens with one attached hydrogen (secondary N) is 1. The smallest absolute Gasteiger partial charge is 0.0651 e. The second kappa shape index (κ2) is 6.25. The molecule has 0 saturated heterocycles. The molecule has 1 N–H and O–H groups in total. The zero-order chi connectivity index (χ0) is 15.6. The molecule has 118 valence electrons. The molecule has 2 aromatic carbocycles. The number of anilines is 1. The molecule has 0 unspecified atom stereocenters. The fraction of sp³-hybridized carbons (Fsp3) is 0.316. The van der Waals surface area contributed by atoms with E-state index in [0.29, 0.717) is 6.04 Å². The Morgan fingerprint density at radius 2 is 1.87 bits per heavy atom. The van der Waals surface area contributed by atoms with Gasteiger partial charge in [0.15, 0.2) is 0 Å². The normalized spacial score (nSPS) is 15.3. The van der Waals surface area contributed by atoms with E-state index in [4.69, 9.17) is 11.6 Å². The molecule has 4 heteroatoms. The lowest BCUT2D eigenvalue weighted by Crippen LogP contribution is -2.32. The van der Waals surface area contributed by atoms with Crippen LogP contribution in [-0.2, 0) is 6.54 Å². The van der Waals surface area contributed by atoms with Crippen LogP contribution < -0.4 is 4.90 Å². The summed E-state index contributed by atoms with van der Waals surface area (Å²) in [5.41, 5.74) is 3.67. The summed E-state index contributed by atoms with van der Waals surface area (Å²) in [5.74, 6) is 0. The monoisotopic (exact) mass is 325 g/mol. The summed E-state index contributed by atoms with van der Waals surface area (Å²) in [6.45, 7) is 0.922. The van der Waals surface area contributed by atoms with Crippen LogP contribution in [0.1, 0.15) is 31.2 Å². The lowest BCUT2D eigenvalue weighted by molar-refractivity contribution is 0.605. The van der Waals surface area contributed by atoms with Gasteiger partial charge in [-0.3, -0.25) is 5.10 Å². The Hall–Kier alpha value is -2.00. The van der Waals surface area contributed by atoms with Crippen LogP contribution in [0.2, 0.25) is 5.02 Å². The van der Waals surface area contributed by atoms with E-state index < -0.39 is 0 Å². The summed E-state index contributed by atoms with van der Waals surface area (Å²) in [4.78, 5) is 2.54. The van der Waals surface area contributed by atoms with Crippen molar-refractivity contribution >= 4 is 28.2 Å². The molecule has 0 radical (unpaired) electrons. The number of aromatic nitrogens is 2. The molecule has 0 amide bonds. The van der Waals surface area contributed by atoms with Crippen LogP contribution in [0.4, 0.5) is 5.69 Å². The van der Waals surface area contributed by atoms with Crippen molar-refractivity contribution in [3.8, 4) is 0 Å². The van der Waals surface area contributed by atoms with E-state index in [1.807, 2.05) is 18.3 Å². The summed E-state index contributed by atoms with van der Waals surface area (Å²) < 4.78 is 0. The predicted molar refractivity (Wildman–Crippen MR) is 96.0 cm³/mol. The van der Waals surface area contributed by atoms with Gasteiger partial charge in [0.05, 0.1) is 11.7 Å². The molecule has 23 heavy (non-hydrogen) atoms. The van der Waals surface area contributed by atoms with Gasteiger partial charge in [-0.15, -0.1) is 0 Å². The third-order valence-electron chi connectivity index (χ3n) is 4.79. The fourth-order valence-electron chi connectivity index (χ4n) is 3.54. The Morgan fingerprint density at radius 1 is 1.09 bits per heavy atom. The first-order chi connectivity index (χ1) is 11.3. The molecule has 3 aromatic rings. The minimum Gasteiger partial charge on any atom is -0.364 e. The average Bonchev–Trinajstić information content (AvgIpc) is 3.25. The van der Waals surface area contributed by atoms with E-state index >= 15 is 0 Å². The number of aromatic amines is 1. The molecule has 1 aromatic heterocycles. The maximum Gasteiger partial charge on any atom is 0.0651 e. The fourth-order valence-corrected chi connectivity index (χ4v) is 3.67. The van der Waals surface area contributed by atoms with Gasteiger partial charge in [-0.2, -0.15) is 5.10 Å². The van der Waals surface area contributed by atoms with Crippen molar-refractivity contribution in [3.05, 3.63) is 59.2 Å². The first-order valence-corrected chi connectivity index (χ1v) is 8.61. The van der Waals surface area contributed by atoms with Gasteiger partial charge >= 0.3 is 0 Å². The van der Waals surface area contributed by atoms with E-state index in [1.54, 1.807) is 0 Å². The highest BCUT2D eigenvalue weighted by Crippen LogP contribution is 2.31. The second-order valence-corrected chi connectivity index (χ2v) is 6.77. The standard InChI is InChI=1S/C19H20ClN3/c20-16-7-5-14(6-8-16)13-23(17-3-1-2-4-17)18-9-10-19-15(11-18)12-21-22-19/h5-12,17H,1-4,13H2,(H,21,22). The highest BCUT2D eigenvalue weighted by atomic mass is 35.5. The number of H-pyrrole nitrogens is 1. The van der Waals surface area contributed by atoms with E-state index in [-0.39, 0.29) is 0 Å². The zero-order valence-corrected chi connectivity index (χ0v) is 13.8. The van der Waals surface area contributed by atoms with Crippen molar-refractivity contribution in [2.24, 2.45) is 0 Å². The molecule has 1 aliphatic carbocycles. The maximum atomic E-state index is 6.02. The first-order valence-electron chi connectivity index (χ1n) is 8.24. The number of nitrogens with zero attached hydrogens (tertiary/aromatic N) is 2. The Kier molecular flexibility index (Phi) is 3.96. The number of benzene rings is 2. The molecule has 1 aliphatic rings. The molecule has 0 aliphatic heterocycles. The van der Waals surface area contributed by atoms with Crippen molar-refractivity contribution < 1.29 is 0 Å². The molecular formula is C19H20ClN3. The zero-order valence-electron chi connectivity index (χ0n) is 13.0. The molecule has 0 bridgehead atoms. The van der Waals surface area contributed by atoms with Crippen LogP contribution >= 0.6 is 11.6 Å². The largest absolute Gasteiger partial charge is 0.364 e. The lowest BCUT2D eigenvalue weighted by atomic mass is 10.1. The summed E-state index contributed by atoms with van der Waals surface area (Å²) in [6.07, 6.45) is 7.10. The van der Waals surface area contributed by atoms with Gasteiger partial charge in [0, 0.05) is 28.7 Å². The number of rotatable bonds is 4. The van der Waals surface area contributed by atoms with Gasteiger partial charge < -0.3 is 4.90 Å². The number of fused-ring (bicyclic) bond motifs is 1. The average molecular weight is 326 g/mol. The molecule has 1 fully saturated rings. The van der Waals surface area contributed by atoms with Crippen LogP contribution in [0.5, 0.6) is 0 Å². The maximum absolute atomic E-state index is 6.02. The van der Waals surface area contributed by atoms with Crippen LogP contribution in [0.25, 0.3) is 10.9 Å². The highest BCUT2D eigenvalue weighted by Gasteiger charge is 2.23. The van der Waals surface area contributed by atoms with E-state index in [0.717, 1.165) is 17.1 Å². The van der Waals surface area contributed by atoms with Gasteiger partial charge in [0.2, 0.25) is 0 Å². The third kappa shape index (κ3) is 3.06. The minimum absolute atomic E-state index is 0.620. The van der Waals surface area contributed by atoms with Crippen molar-refractivity contribution in [1.29, 1.82) is 0 Å².